The molecule has 0 saturated heterocycles. The van der Waals surface area contributed by atoms with Gasteiger partial charge in [-0.3, -0.25) is 4.79 Å². The third kappa shape index (κ3) is 3.87. The van der Waals surface area contributed by atoms with Crippen molar-refractivity contribution in [3.63, 3.8) is 0 Å². The molecule has 3 atom stereocenters. The highest BCUT2D eigenvalue weighted by Gasteiger charge is 2.35. The van der Waals surface area contributed by atoms with Gasteiger partial charge in [-0.2, -0.15) is 0 Å². The minimum atomic E-state index is -0.959. The molecule has 0 spiro atoms. The molecule has 2 N–H and O–H groups in total. The highest BCUT2D eigenvalue weighted by atomic mass is 16.4. The van der Waals surface area contributed by atoms with Crippen LogP contribution in [0.15, 0.2) is 24.3 Å². The van der Waals surface area contributed by atoms with Crippen LogP contribution in [0.25, 0.3) is 0 Å². The van der Waals surface area contributed by atoms with Gasteiger partial charge in [-0.05, 0) is 54.9 Å². The van der Waals surface area contributed by atoms with Crippen molar-refractivity contribution in [1.82, 2.24) is 0 Å². The number of hydrogen-bond acceptors (Lipinski definition) is 2. The number of carbonyl (C=O) groups is 2. The summed E-state index contributed by atoms with van der Waals surface area (Å²) in [6.45, 7) is 6.57. The van der Waals surface area contributed by atoms with Crippen molar-refractivity contribution in [3.05, 3.63) is 29.8 Å². The van der Waals surface area contributed by atoms with Gasteiger partial charge in [0.2, 0.25) is 5.91 Å². The number of carboxylic acid groups (broad SMARTS) is 1. The Labute approximate surface area is 131 Å². The Kier molecular flexibility index (Phi) is 5.22. The van der Waals surface area contributed by atoms with Crippen molar-refractivity contribution in [2.24, 2.45) is 23.7 Å². The Morgan fingerprint density at radius 2 is 1.82 bits per heavy atom. The van der Waals surface area contributed by atoms with Gasteiger partial charge < -0.3 is 10.4 Å². The van der Waals surface area contributed by atoms with Crippen molar-refractivity contribution in [1.29, 1.82) is 0 Å². The van der Waals surface area contributed by atoms with Gasteiger partial charge in [0, 0.05) is 11.6 Å². The molecule has 0 aliphatic heterocycles. The van der Waals surface area contributed by atoms with Crippen LogP contribution in [0.4, 0.5) is 5.69 Å². The molecule has 1 aromatic rings. The van der Waals surface area contributed by atoms with E-state index in [4.69, 9.17) is 5.11 Å². The number of hydrogen-bond donors (Lipinski definition) is 2. The van der Waals surface area contributed by atoms with E-state index in [2.05, 4.69) is 26.1 Å². The summed E-state index contributed by atoms with van der Waals surface area (Å²) in [6.07, 6.45) is 3.23. The molecule has 0 unspecified atom stereocenters. The van der Waals surface area contributed by atoms with E-state index in [9.17, 15) is 9.59 Å². The van der Waals surface area contributed by atoms with Crippen LogP contribution in [0.1, 0.15) is 50.4 Å². The zero-order valence-electron chi connectivity index (χ0n) is 13.5. The van der Waals surface area contributed by atoms with E-state index in [0.29, 0.717) is 23.4 Å². The first-order valence-electron chi connectivity index (χ1n) is 8.02. The van der Waals surface area contributed by atoms with Gasteiger partial charge in [0.25, 0.3) is 0 Å². The van der Waals surface area contributed by atoms with E-state index in [0.717, 1.165) is 12.8 Å². The zero-order chi connectivity index (χ0) is 16.3. The first-order valence-corrected chi connectivity index (χ1v) is 8.02. The van der Waals surface area contributed by atoms with Crippen LogP contribution in [-0.2, 0) is 4.79 Å². The van der Waals surface area contributed by atoms with Gasteiger partial charge in [0.1, 0.15) is 0 Å². The largest absolute Gasteiger partial charge is 0.478 e. The van der Waals surface area contributed by atoms with E-state index in [-0.39, 0.29) is 17.4 Å². The predicted molar refractivity (Wildman–Crippen MR) is 86.9 cm³/mol. The summed E-state index contributed by atoms with van der Waals surface area (Å²) in [5, 5.41) is 11.9. The molecule has 1 fully saturated rings. The third-order valence-electron chi connectivity index (χ3n) is 4.76. The Morgan fingerprint density at radius 1 is 1.18 bits per heavy atom. The van der Waals surface area contributed by atoms with Crippen LogP contribution < -0.4 is 5.32 Å². The van der Waals surface area contributed by atoms with Crippen LogP contribution in [0.5, 0.6) is 0 Å². The smallest absolute Gasteiger partial charge is 0.335 e. The molecule has 1 aliphatic rings. The molecule has 1 saturated carbocycles. The summed E-state index contributed by atoms with van der Waals surface area (Å²) in [4.78, 5) is 23.5. The van der Waals surface area contributed by atoms with Crippen LogP contribution in [0.3, 0.4) is 0 Å². The highest BCUT2D eigenvalue weighted by Crippen LogP contribution is 2.38. The lowest BCUT2D eigenvalue weighted by Crippen LogP contribution is -2.36. The van der Waals surface area contributed by atoms with Crippen molar-refractivity contribution in [2.75, 3.05) is 5.32 Å². The van der Waals surface area contributed by atoms with Gasteiger partial charge in [0.15, 0.2) is 0 Å². The molecule has 1 amide bonds. The van der Waals surface area contributed by atoms with E-state index < -0.39 is 5.97 Å². The molecule has 1 aliphatic carbocycles. The van der Waals surface area contributed by atoms with Crippen LogP contribution in [0.2, 0.25) is 0 Å². The maximum Gasteiger partial charge on any atom is 0.335 e. The fourth-order valence-corrected chi connectivity index (χ4v) is 3.43. The lowest BCUT2D eigenvalue weighted by Gasteiger charge is -2.36. The topological polar surface area (TPSA) is 66.4 Å². The lowest BCUT2D eigenvalue weighted by molar-refractivity contribution is -0.123. The molecular weight excluding hydrogens is 278 g/mol. The van der Waals surface area contributed by atoms with Crippen LogP contribution in [0, 0.1) is 23.7 Å². The Balaban J connectivity index is 2.07. The fraction of sp³-hybridized carbons (Fsp3) is 0.556. The summed E-state index contributed by atoms with van der Waals surface area (Å²) in [6, 6.07) is 6.33. The van der Waals surface area contributed by atoms with Crippen molar-refractivity contribution >= 4 is 17.6 Å². The third-order valence-corrected chi connectivity index (χ3v) is 4.76. The summed E-state index contributed by atoms with van der Waals surface area (Å²) >= 11 is 0. The summed E-state index contributed by atoms with van der Waals surface area (Å²) in [7, 11) is 0. The zero-order valence-corrected chi connectivity index (χ0v) is 13.5. The maximum absolute atomic E-state index is 12.6. The lowest BCUT2D eigenvalue weighted by atomic mass is 9.70. The molecule has 4 heteroatoms. The number of nitrogens with one attached hydrogen (secondary N) is 1. The number of benzene rings is 1. The second-order valence-corrected chi connectivity index (χ2v) is 6.80. The van der Waals surface area contributed by atoms with Crippen molar-refractivity contribution in [3.8, 4) is 0 Å². The van der Waals surface area contributed by atoms with E-state index >= 15 is 0 Å². The predicted octanol–water partition coefficient (Wildman–Crippen LogP) is 4.03. The van der Waals surface area contributed by atoms with Crippen molar-refractivity contribution < 1.29 is 14.7 Å². The second kappa shape index (κ2) is 6.95. The highest BCUT2D eigenvalue weighted by molar-refractivity contribution is 5.94. The Morgan fingerprint density at radius 3 is 2.36 bits per heavy atom. The Hall–Kier alpha value is -1.84. The molecule has 0 heterocycles. The number of amides is 1. The van der Waals surface area contributed by atoms with Crippen molar-refractivity contribution in [2.45, 2.75) is 40.0 Å². The summed E-state index contributed by atoms with van der Waals surface area (Å²) in [5.74, 6) is 0.655. The summed E-state index contributed by atoms with van der Waals surface area (Å²) in [5.41, 5.74) is 0.889. The minimum Gasteiger partial charge on any atom is -0.478 e. The standard InChI is InChI=1S/C18H25NO3/c1-11(2)15-9-4-12(3)10-16(15)17(20)19-14-7-5-13(6-8-14)18(21)22/h5-8,11-12,15-16H,4,9-10H2,1-3H3,(H,19,20)(H,21,22)/t12-,15+,16-/m1/s1. The number of carbonyl (C=O) groups excluding carboxylic acids is 1. The van der Waals surface area contributed by atoms with E-state index in [1.54, 1.807) is 12.1 Å². The minimum absolute atomic E-state index is 0.0444. The summed E-state index contributed by atoms with van der Waals surface area (Å²) < 4.78 is 0. The quantitative estimate of drug-likeness (QED) is 0.882. The monoisotopic (exact) mass is 303 g/mol. The fourth-order valence-electron chi connectivity index (χ4n) is 3.43. The number of rotatable bonds is 4. The molecular formula is C18H25NO3. The molecule has 1 aromatic carbocycles. The molecule has 0 bridgehead atoms. The van der Waals surface area contributed by atoms with Gasteiger partial charge in [-0.15, -0.1) is 0 Å². The normalized spacial score (nSPS) is 25.0. The molecule has 0 aromatic heterocycles. The number of aromatic carboxylic acids is 1. The first kappa shape index (κ1) is 16.5. The maximum atomic E-state index is 12.6. The van der Waals surface area contributed by atoms with E-state index in [1.807, 2.05) is 0 Å². The molecule has 0 radical (unpaired) electrons. The first-order chi connectivity index (χ1) is 10.4. The van der Waals surface area contributed by atoms with Gasteiger partial charge in [0.05, 0.1) is 5.56 Å². The number of anilines is 1. The molecule has 2 rings (SSSR count). The number of carboxylic acids is 1. The van der Waals surface area contributed by atoms with E-state index in [1.165, 1.54) is 18.6 Å². The molecule has 120 valence electrons. The van der Waals surface area contributed by atoms with Crippen LogP contribution in [-0.4, -0.2) is 17.0 Å². The van der Waals surface area contributed by atoms with Gasteiger partial charge in [-0.1, -0.05) is 27.2 Å². The Bertz CT molecular complexity index is 536. The second-order valence-electron chi connectivity index (χ2n) is 6.80. The van der Waals surface area contributed by atoms with Gasteiger partial charge in [-0.25, -0.2) is 4.79 Å². The average molecular weight is 303 g/mol. The van der Waals surface area contributed by atoms with Gasteiger partial charge >= 0.3 is 5.97 Å². The molecule has 22 heavy (non-hydrogen) atoms. The average Bonchev–Trinajstić information content (AvgIpc) is 2.47. The van der Waals surface area contributed by atoms with Crippen LogP contribution >= 0.6 is 0 Å². The SMILES string of the molecule is CC(C)[C@@H]1CC[C@@H](C)C[C@H]1C(=O)Nc1ccc(C(=O)O)cc1. The molecule has 4 nitrogen and oxygen atoms in total.